The number of piperazine rings is 1. The van der Waals surface area contributed by atoms with Crippen LogP contribution in [-0.2, 0) is 9.84 Å². The lowest BCUT2D eigenvalue weighted by molar-refractivity contribution is 0.589. The van der Waals surface area contributed by atoms with Gasteiger partial charge in [0.15, 0.2) is 9.84 Å². The number of para-hydroxylation sites is 1. The molecule has 1 fully saturated rings. The smallest absolute Gasteiger partial charge is 0.167 e. The molecule has 0 radical (unpaired) electrons. The van der Waals surface area contributed by atoms with Crippen molar-refractivity contribution in [3.63, 3.8) is 0 Å². The summed E-state index contributed by atoms with van der Waals surface area (Å²) < 4.78 is 23.7. The summed E-state index contributed by atoms with van der Waals surface area (Å²) >= 11 is 0. The summed E-state index contributed by atoms with van der Waals surface area (Å²) in [5.41, 5.74) is 8.70. The van der Waals surface area contributed by atoms with Crippen molar-refractivity contribution in [2.45, 2.75) is 5.37 Å². The highest BCUT2D eigenvalue weighted by Gasteiger charge is 2.25. The zero-order valence-corrected chi connectivity index (χ0v) is 14.5. The van der Waals surface area contributed by atoms with Gasteiger partial charge >= 0.3 is 0 Å². The summed E-state index contributed by atoms with van der Waals surface area (Å²) in [7, 11) is -3.34. The van der Waals surface area contributed by atoms with Crippen LogP contribution in [-0.4, -0.2) is 45.8 Å². The van der Waals surface area contributed by atoms with E-state index in [1.165, 1.54) is 6.26 Å². The predicted octanol–water partition coefficient (Wildman–Crippen LogP) is 1.41. The van der Waals surface area contributed by atoms with Crippen LogP contribution in [0.5, 0.6) is 0 Å². The van der Waals surface area contributed by atoms with E-state index in [1.807, 2.05) is 30.3 Å². The molecule has 2 aromatic rings. The number of anilines is 2. The Morgan fingerprint density at radius 3 is 2.21 bits per heavy atom. The number of benzene rings is 1. The normalized spacial score (nSPS) is 16.9. The van der Waals surface area contributed by atoms with Crippen LogP contribution in [0.1, 0.15) is 10.9 Å². The summed E-state index contributed by atoms with van der Waals surface area (Å²) in [6.45, 7) is 3.37. The van der Waals surface area contributed by atoms with Gasteiger partial charge in [-0.3, -0.25) is 4.98 Å². The Morgan fingerprint density at radius 2 is 1.58 bits per heavy atom. The van der Waals surface area contributed by atoms with Crippen LogP contribution in [0.3, 0.4) is 0 Å². The first-order valence-corrected chi connectivity index (χ1v) is 9.85. The number of hydrogen-bond acceptors (Lipinski definition) is 6. The molecule has 7 heteroatoms. The topological polar surface area (TPSA) is 79.5 Å². The lowest BCUT2D eigenvalue weighted by atomic mass is 10.1. The third-order valence-corrected chi connectivity index (χ3v) is 5.53. The maximum absolute atomic E-state index is 11.8. The first kappa shape index (κ1) is 16.7. The van der Waals surface area contributed by atoms with Gasteiger partial charge in [-0.2, -0.15) is 0 Å². The van der Waals surface area contributed by atoms with Crippen molar-refractivity contribution < 1.29 is 8.42 Å². The van der Waals surface area contributed by atoms with E-state index in [2.05, 4.69) is 14.8 Å². The maximum Gasteiger partial charge on any atom is 0.167 e. The van der Waals surface area contributed by atoms with Crippen molar-refractivity contribution in [1.29, 1.82) is 0 Å². The zero-order valence-electron chi connectivity index (χ0n) is 13.7. The van der Waals surface area contributed by atoms with Gasteiger partial charge in [-0.25, -0.2) is 8.42 Å². The molecule has 1 aromatic carbocycles. The minimum Gasteiger partial charge on any atom is -0.368 e. The summed E-state index contributed by atoms with van der Waals surface area (Å²) in [4.78, 5) is 8.56. The number of nitrogens with two attached hydrogens (primary N) is 1. The second kappa shape index (κ2) is 6.78. The molecule has 1 aliphatic rings. The van der Waals surface area contributed by atoms with Gasteiger partial charge in [0, 0.05) is 61.8 Å². The Kier molecular flexibility index (Phi) is 4.73. The molecule has 128 valence electrons. The monoisotopic (exact) mass is 346 g/mol. The van der Waals surface area contributed by atoms with Crippen molar-refractivity contribution >= 4 is 21.2 Å². The number of nitrogens with zero attached hydrogens (tertiary/aromatic N) is 3. The molecule has 2 heterocycles. The average Bonchev–Trinajstić information content (AvgIpc) is 2.61. The number of sulfone groups is 1. The highest BCUT2D eigenvalue weighted by Crippen LogP contribution is 2.29. The van der Waals surface area contributed by atoms with Gasteiger partial charge in [-0.05, 0) is 18.2 Å². The third kappa shape index (κ3) is 3.52. The minimum atomic E-state index is -3.34. The molecule has 1 aliphatic heterocycles. The Labute approximate surface area is 142 Å². The van der Waals surface area contributed by atoms with E-state index in [1.54, 1.807) is 18.5 Å². The van der Waals surface area contributed by atoms with E-state index < -0.39 is 15.2 Å². The van der Waals surface area contributed by atoms with Crippen LogP contribution in [0.25, 0.3) is 0 Å². The quantitative estimate of drug-likeness (QED) is 0.902. The van der Waals surface area contributed by atoms with Crippen molar-refractivity contribution in [3.8, 4) is 0 Å². The molecule has 6 nitrogen and oxygen atoms in total. The molecule has 0 bridgehead atoms. The minimum absolute atomic E-state index is 0.664. The van der Waals surface area contributed by atoms with Crippen LogP contribution in [0.4, 0.5) is 11.4 Å². The molecule has 1 atom stereocenters. The molecule has 2 N–H and O–H groups in total. The Hall–Kier alpha value is -2.12. The third-order valence-electron chi connectivity index (χ3n) is 4.35. The van der Waals surface area contributed by atoms with Gasteiger partial charge in [0.25, 0.3) is 0 Å². The number of pyridine rings is 1. The van der Waals surface area contributed by atoms with E-state index in [0.717, 1.165) is 37.6 Å². The SMILES string of the molecule is CS(=O)(=O)C(N)c1ccccc1N1CCN(c2ccncc2)CC1. The Bertz CT molecular complexity index is 787. The molecule has 3 rings (SSSR count). The molecule has 1 saturated heterocycles. The van der Waals surface area contributed by atoms with Gasteiger partial charge in [0.1, 0.15) is 5.37 Å². The first-order chi connectivity index (χ1) is 11.5. The van der Waals surface area contributed by atoms with E-state index in [0.29, 0.717) is 5.56 Å². The van der Waals surface area contributed by atoms with Crippen LogP contribution < -0.4 is 15.5 Å². The summed E-state index contributed by atoms with van der Waals surface area (Å²) in [5.74, 6) is 0. The van der Waals surface area contributed by atoms with Crippen molar-refractivity contribution in [2.24, 2.45) is 5.73 Å². The van der Waals surface area contributed by atoms with E-state index in [-0.39, 0.29) is 0 Å². The lowest BCUT2D eigenvalue weighted by Gasteiger charge is -2.38. The molecular weight excluding hydrogens is 324 g/mol. The predicted molar refractivity (Wildman–Crippen MR) is 96.9 cm³/mol. The fourth-order valence-electron chi connectivity index (χ4n) is 3.01. The number of hydrogen-bond donors (Lipinski definition) is 1. The van der Waals surface area contributed by atoms with Crippen molar-refractivity contribution in [1.82, 2.24) is 4.98 Å². The summed E-state index contributed by atoms with van der Waals surface area (Å²) in [6, 6.07) is 11.5. The fraction of sp³-hybridized carbons (Fsp3) is 0.353. The van der Waals surface area contributed by atoms with E-state index in [4.69, 9.17) is 5.73 Å². The highest BCUT2D eigenvalue weighted by atomic mass is 32.2. The second-order valence-corrected chi connectivity index (χ2v) is 8.16. The average molecular weight is 346 g/mol. The van der Waals surface area contributed by atoms with Crippen LogP contribution in [0.2, 0.25) is 0 Å². The second-order valence-electron chi connectivity index (χ2n) is 5.99. The van der Waals surface area contributed by atoms with Gasteiger partial charge in [-0.1, -0.05) is 18.2 Å². The van der Waals surface area contributed by atoms with Gasteiger partial charge in [0.2, 0.25) is 0 Å². The van der Waals surface area contributed by atoms with Crippen LogP contribution >= 0.6 is 0 Å². The molecule has 0 aliphatic carbocycles. The standard InChI is InChI=1S/C17H22N4O2S/c1-24(22,23)17(18)15-4-2-3-5-16(15)21-12-10-20(11-13-21)14-6-8-19-9-7-14/h2-9,17H,10-13,18H2,1H3. The molecule has 1 unspecified atom stereocenters. The van der Waals surface area contributed by atoms with Crippen LogP contribution in [0.15, 0.2) is 48.8 Å². The maximum atomic E-state index is 11.8. The Morgan fingerprint density at radius 1 is 1.00 bits per heavy atom. The van der Waals surface area contributed by atoms with Crippen molar-refractivity contribution in [2.75, 3.05) is 42.2 Å². The molecule has 0 spiro atoms. The number of rotatable bonds is 4. The largest absolute Gasteiger partial charge is 0.368 e. The molecule has 0 amide bonds. The fourth-order valence-corrected chi connectivity index (χ4v) is 3.67. The molecule has 1 aromatic heterocycles. The van der Waals surface area contributed by atoms with Gasteiger partial charge < -0.3 is 15.5 Å². The molecule has 24 heavy (non-hydrogen) atoms. The highest BCUT2D eigenvalue weighted by molar-refractivity contribution is 7.90. The summed E-state index contributed by atoms with van der Waals surface area (Å²) in [5, 5.41) is -0.994. The van der Waals surface area contributed by atoms with E-state index in [9.17, 15) is 8.42 Å². The van der Waals surface area contributed by atoms with Crippen molar-refractivity contribution in [3.05, 3.63) is 54.4 Å². The van der Waals surface area contributed by atoms with Gasteiger partial charge in [-0.15, -0.1) is 0 Å². The zero-order chi connectivity index (χ0) is 17.2. The molecule has 0 saturated carbocycles. The molecular formula is C17H22N4O2S. The van der Waals surface area contributed by atoms with E-state index >= 15 is 0 Å². The first-order valence-electron chi connectivity index (χ1n) is 7.90. The van der Waals surface area contributed by atoms with Crippen LogP contribution in [0, 0.1) is 0 Å². The summed E-state index contributed by atoms with van der Waals surface area (Å²) in [6.07, 6.45) is 4.76. The van der Waals surface area contributed by atoms with Gasteiger partial charge in [0.05, 0.1) is 0 Å². The Balaban J connectivity index is 1.78. The number of aromatic nitrogens is 1. The lowest BCUT2D eigenvalue weighted by Crippen LogP contribution is -2.47.